The lowest BCUT2D eigenvalue weighted by Gasteiger charge is -2.31. The first-order valence-corrected chi connectivity index (χ1v) is 10.8. The second-order valence-corrected chi connectivity index (χ2v) is 8.71. The summed E-state index contributed by atoms with van der Waals surface area (Å²) in [6.45, 7) is 5.39. The van der Waals surface area contributed by atoms with Crippen LogP contribution in [-0.4, -0.2) is 59.1 Å². The molecule has 5 rings (SSSR count). The largest absolute Gasteiger partial charge is 0.356 e. The van der Waals surface area contributed by atoms with Gasteiger partial charge >= 0.3 is 0 Å². The normalized spacial score (nSPS) is 15.1. The van der Waals surface area contributed by atoms with E-state index >= 15 is 0 Å². The van der Waals surface area contributed by atoms with Crippen LogP contribution in [0.1, 0.15) is 15.2 Å². The highest BCUT2D eigenvalue weighted by atomic mass is 32.1. The van der Waals surface area contributed by atoms with Gasteiger partial charge in [-0.3, -0.25) is 4.79 Å². The minimum absolute atomic E-state index is 0.0430. The highest BCUT2D eigenvalue weighted by Crippen LogP contribution is 2.34. The van der Waals surface area contributed by atoms with Crippen molar-refractivity contribution < 1.29 is 9.32 Å². The van der Waals surface area contributed by atoms with Gasteiger partial charge in [0.2, 0.25) is 0 Å². The van der Waals surface area contributed by atoms with Gasteiger partial charge in [0.15, 0.2) is 5.58 Å². The van der Waals surface area contributed by atoms with E-state index in [1.807, 2.05) is 29.2 Å². The number of hydrogen-bond donors (Lipinski definition) is 0. The third kappa shape index (κ3) is 3.40. The molecule has 1 amide bonds. The second kappa shape index (κ2) is 7.66. The number of amides is 1. The van der Waals surface area contributed by atoms with Gasteiger partial charge in [0.25, 0.3) is 5.91 Å². The van der Waals surface area contributed by atoms with Crippen LogP contribution in [-0.2, 0) is 0 Å². The minimum Gasteiger partial charge on any atom is -0.356 e. The third-order valence-electron chi connectivity index (χ3n) is 5.64. The van der Waals surface area contributed by atoms with E-state index in [1.165, 1.54) is 22.5 Å². The second-order valence-electron chi connectivity index (χ2n) is 7.68. The van der Waals surface area contributed by atoms with Crippen molar-refractivity contribution >= 4 is 28.2 Å². The first-order valence-electron chi connectivity index (χ1n) is 9.99. The van der Waals surface area contributed by atoms with E-state index in [0.717, 1.165) is 37.1 Å². The number of likely N-dealkylation sites (N-methyl/N-ethyl adjacent to an activating group) is 1. The molecular formula is C23H22N4O2S. The molecule has 1 aliphatic heterocycles. The maximum atomic E-state index is 12.8. The zero-order valence-electron chi connectivity index (χ0n) is 17.0. The molecule has 0 unspecified atom stereocenters. The van der Waals surface area contributed by atoms with E-state index in [-0.39, 0.29) is 5.91 Å². The minimum atomic E-state index is 0.0430. The number of rotatable bonds is 3. The number of benzene rings is 2. The van der Waals surface area contributed by atoms with Gasteiger partial charge in [0, 0.05) is 26.2 Å². The van der Waals surface area contributed by atoms with Crippen molar-refractivity contribution in [1.29, 1.82) is 0 Å². The molecule has 7 heteroatoms. The Bertz CT molecular complexity index is 1220. The van der Waals surface area contributed by atoms with E-state index in [0.29, 0.717) is 21.2 Å². The van der Waals surface area contributed by atoms with Crippen LogP contribution < -0.4 is 0 Å². The monoisotopic (exact) mass is 418 g/mol. The van der Waals surface area contributed by atoms with Crippen LogP contribution >= 0.6 is 11.3 Å². The molecule has 1 fully saturated rings. The summed E-state index contributed by atoms with van der Waals surface area (Å²) in [5, 5.41) is 5.87. The third-order valence-corrected chi connectivity index (χ3v) is 6.63. The number of aromatic nitrogens is 2. The van der Waals surface area contributed by atoms with Crippen LogP contribution in [0, 0.1) is 6.92 Å². The molecule has 0 bridgehead atoms. The standard InChI is InChI=1S/C23H22N4O2S/c1-15-5-3-4-6-17(15)16-7-8-18-19(13-16)29-25-21(18)22-24-14-20(30-22)23(28)27-11-9-26(2)10-12-27/h3-8,13-14H,9-12H2,1-2H3. The van der Waals surface area contributed by atoms with E-state index in [9.17, 15) is 4.79 Å². The lowest BCUT2D eigenvalue weighted by molar-refractivity contribution is 0.0668. The summed E-state index contributed by atoms with van der Waals surface area (Å²) in [4.78, 5) is 22.1. The van der Waals surface area contributed by atoms with E-state index < -0.39 is 0 Å². The summed E-state index contributed by atoms with van der Waals surface area (Å²) in [7, 11) is 2.08. The van der Waals surface area contributed by atoms with Crippen molar-refractivity contribution in [2.24, 2.45) is 0 Å². The quantitative estimate of drug-likeness (QED) is 0.496. The Morgan fingerprint density at radius 2 is 1.90 bits per heavy atom. The fourth-order valence-electron chi connectivity index (χ4n) is 3.80. The molecule has 152 valence electrons. The van der Waals surface area contributed by atoms with E-state index in [1.54, 1.807) is 6.20 Å². The van der Waals surface area contributed by atoms with Crippen LogP contribution in [0.25, 0.3) is 32.8 Å². The van der Waals surface area contributed by atoms with Crippen molar-refractivity contribution in [2.75, 3.05) is 33.2 Å². The van der Waals surface area contributed by atoms with Crippen molar-refractivity contribution in [1.82, 2.24) is 19.9 Å². The molecule has 3 heterocycles. The SMILES string of the molecule is Cc1ccccc1-c1ccc2c(-c3ncc(C(=O)N4CCN(C)CC4)s3)noc2c1. The molecule has 4 aromatic rings. The lowest BCUT2D eigenvalue weighted by atomic mass is 10.00. The molecule has 0 N–H and O–H groups in total. The van der Waals surface area contributed by atoms with E-state index in [4.69, 9.17) is 4.52 Å². The molecule has 1 aliphatic rings. The fourth-order valence-corrected chi connectivity index (χ4v) is 4.68. The Labute approximate surface area is 178 Å². The molecule has 0 atom stereocenters. The van der Waals surface area contributed by atoms with Crippen molar-refractivity contribution in [3.8, 4) is 21.8 Å². The van der Waals surface area contributed by atoms with Gasteiger partial charge in [-0.1, -0.05) is 35.5 Å². The van der Waals surface area contributed by atoms with Crippen LogP contribution in [0.15, 0.2) is 53.2 Å². The van der Waals surface area contributed by atoms with Crippen LogP contribution in [0.5, 0.6) is 0 Å². The molecular weight excluding hydrogens is 396 g/mol. The number of aryl methyl sites for hydroxylation is 1. The van der Waals surface area contributed by atoms with Gasteiger partial charge in [-0.15, -0.1) is 11.3 Å². The predicted octanol–water partition coefficient (Wildman–Crippen LogP) is 4.31. The molecule has 1 saturated heterocycles. The van der Waals surface area contributed by atoms with Gasteiger partial charge in [0.05, 0.1) is 11.6 Å². The van der Waals surface area contributed by atoms with Crippen molar-refractivity contribution in [3.05, 3.63) is 59.1 Å². The summed E-state index contributed by atoms with van der Waals surface area (Å²) in [5.74, 6) is 0.0430. The maximum Gasteiger partial charge on any atom is 0.265 e. The van der Waals surface area contributed by atoms with Gasteiger partial charge in [-0.05, 0) is 42.8 Å². The maximum absolute atomic E-state index is 12.8. The molecule has 30 heavy (non-hydrogen) atoms. The molecule has 6 nitrogen and oxygen atoms in total. The van der Waals surface area contributed by atoms with Gasteiger partial charge < -0.3 is 14.3 Å². The number of nitrogens with zero attached hydrogens (tertiary/aromatic N) is 4. The average Bonchev–Trinajstić information content (AvgIpc) is 3.41. The topological polar surface area (TPSA) is 62.5 Å². The predicted molar refractivity (Wildman–Crippen MR) is 119 cm³/mol. The first kappa shape index (κ1) is 19.0. The summed E-state index contributed by atoms with van der Waals surface area (Å²) < 4.78 is 5.62. The van der Waals surface area contributed by atoms with Crippen molar-refractivity contribution in [3.63, 3.8) is 0 Å². The Kier molecular flexibility index (Phi) is 4.84. The van der Waals surface area contributed by atoms with Gasteiger partial charge in [-0.25, -0.2) is 4.98 Å². The van der Waals surface area contributed by atoms with Gasteiger partial charge in [-0.2, -0.15) is 0 Å². The first-order chi connectivity index (χ1) is 14.6. The summed E-state index contributed by atoms with van der Waals surface area (Å²) in [6, 6.07) is 14.4. The number of carbonyl (C=O) groups excluding carboxylic acids is 1. The van der Waals surface area contributed by atoms with E-state index in [2.05, 4.69) is 47.2 Å². The van der Waals surface area contributed by atoms with Crippen LogP contribution in [0.3, 0.4) is 0 Å². The number of thiazole rings is 1. The van der Waals surface area contributed by atoms with Crippen molar-refractivity contribution in [2.45, 2.75) is 6.92 Å². The fraction of sp³-hybridized carbons (Fsp3) is 0.261. The molecule has 0 radical (unpaired) electrons. The zero-order chi connectivity index (χ0) is 20.7. The summed E-state index contributed by atoms with van der Waals surface area (Å²) in [6.07, 6.45) is 1.66. The number of hydrogen-bond acceptors (Lipinski definition) is 6. The molecule has 0 aliphatic carbocycles. The number of carbonyl (C=O) groups is 1. The lowest BCUT2D eigenvalue weighted by Crippen LogP contribution is -2.46. The number of fused-ring (bicyclic) bond motifs is 1. The highest BCUT2D eigenvalue weighted by Gasteiger charge is 2.23. The van der Waals surface area contributed by atoms with Gasteiger partial charge in [0.1, 0.15) is 15.6 Å². The summed E-state index contributed by atoms with van der Waals surface area (Å²) >= 11 is 1.37. The Balaban J connectivity index is 1.43. The Hall–Kier alpha value is -3.03. The van der Waals surface area contributed by atoms with Crippen LogP contribution in [0.2, 0.25) is 0 Å². The summed E-state index contributed by atoms with van der Waals surface area (Å²) in [5.41, 5.74) is 4.88. The molecule has 0 saturated carbocycles. The Morgan fingerprint density at radius 1 is 1.10 bits per heavy atom. The molecule has 0 spiro atoms. The number of piperazine rings is 1. The highest BCUT2D eigenvalue weighted by molar-refractivity contribution is 7.17. The smallest absolute Gasteiger partial charge is 0.265 e. The molecule has 2 aromatic heterocycles. The zero-order valence-corrected chi connectivity index (χ0v) is 17.8. The Morgan fingerprint density at radius 3 is 2.70 bits per heavy atom. The van der Waals surface area contributed by atoms with Crippen LogP contribution in [0.4, 0.5) is 0 Å². The average molecular weight is 419 g/mol. The molecule has 2 aromatic carbocycles.